The molecule has 33 heavy (non-hydrogen) atoms. The van der Waals surface area contributed by atoms with Crippen LogP contribution < -0.4 is 10.2 Å². The molecule has 1 aliphatic rings. The van der Waals surface area contributed by atoms with Crippen LogP contribution in [0.3, 0.4) is 0 Å². The van der Waals surface area contributed by atoms with E-state index in [2.05, 4.69) is 41.8 Å². The van der Waals surface area contributed by atoms with Crippen molar-refractivity contribution in [1.82, 2.24) is 14.9 Å². The summed E-state index contributed by atoms with van der Waals surface area (Å²) in [6, 6.07) is 24.4. The van der Waals surface area contributed by atoms with Gasteiger partial charge in [-0.15, -0.1) is 0 Å². The fourth-order valence-corrected chi connectivity index (χ4v) is 4.78. The van der Waals surface area contributed by atoms with Gasteiger partial charge in [0.25, 0.3) is 0 Å². The van der Waals surface area contributed by atoms with Crippen LogP contribution in [0.25, 0.3) is 5.69 Å². The van der Waals surface area contributed by atoms with Crippen molar-refractivity contribution in [2.45, 2.75) is 12.1 Å². The lowest BCUT2D eigenvalue weighted by molar-refractivity contribution is 0.0697. The monoisotopic (exact) mass is 518 g/mol. The van der Waals surface area contributed by atoms with Crippen molar-refractivity contribution in [1.29, 1.82) is 0 Å². The molecule has 0 unspecified atom stereocenters. The summed E-state index contributed by atoms with van der Waals surface area (Å²) in [4.78, 5) is 18.0. The SMILES string of the molecule is O=C(O)c1ccc(-n2cccc2[C@@H]2[C@H](c3ccccn3)NC(=S)N2c2ccc(Br)cc2)cc1. The molecule has 0 saturated carbocycles. The highest BCUT2D eigenvalue weighted by molar-refractivity contribution is 9.10. The van der Waals surface area contributed by atoms with Crippen LogP contribution in [0.1, 0.15) is 33.8 Å². The fourth-order valence-electron chi connectivity index (χ4n) is 4.17. The number of aromatic carboxylic acids is 1. The van der Waals surface area contributed by atoms with E-state index in [0.717, 1.165) is 27.2 Å². The summed E-state index contributed by atoms with van der Waals surface area (Å²) in [6.07, 6.45) is 3.75. The van der Waals surface area contributed by atoms with Crippen LogP contribution >= 0.6 is 28.1 Å². The predicted molar refractivity (Wildman–Crippen MR) is 135 cm³/mol. The van der Waals surface area contributed by atoms with Gasteiger partial charge in [0, 0.05) is 33.9 Å². The van der Waals surface area contributed by atoms with E-state index < -0.39 is 5.97 Å². The third-order valence-corrected chi connectivity index (χ3v) is 6.52. The first-order chi connectivity index (χ1) is 16.0. The number of carbonyl (C=O) groups is 1. The number of anilines is 1. The minimum atomic E-state index is -0.948. The average molecular weight is 519 g/mol. The van der Waals surface area contributed by atoms with Crippen LogP contribution in [0.15, 0.2) is 95.7 Å². The smallest absolute Gasteiger partial charge is 0.335 e. The Morgan fingerprint density at radius 3 is 2.36 bits per heavy atom. The molecule has 1 aliphatic heterocycles. The van der Waals surface area contributed by atoms with E-state index in [9.17, 15) is 9.90 Å². The largest absolute Gasteiger partial charge is 0.478 e. The molecule has 0 radical (unpaired) electrons. The van der Waals surface area contributed by atoms with Crippen molar-refractivity contribution in [3.05, 3.63) is 113 Å². The first kappa shape index (κ1) is 21.4. The van der Waals surface area contributed by atoms with E-state index in [1.165, 1.54) is 0 Å². The number of benzene rings is 2. The second kappa shape index (κ2) is 8.80. The standard InChI is InChI=1S/C25H19BrN4O2S/c26-17-8-12-19(13-9-17)30-23(22(28-25(30)33)20-4-1-2-14-27-20)21-5-3-15-29(21)18-10-6-16(7-11-18)24(31)32/h1-15,22-23H,(H,28,33)(H,31,32)/t22-,23+/m0/s1. The van der Waals surface area contributed by atoms with Crippen molar-refractivity contribution >= 4 is 44.9 Å². The molecule has 0 spiro atoms. The molecule has 8 heteroatoms. The third-order valence-electron chi connectivity index (χ3n) is 5.68. The van der Waals surface area contributed by atoms with Crippen molar-refractivity contribution < 1.29 is 9.90 Å². The molecule has 2 aromatic carbocycles. The Labute approximate surface area is 204 Å². The van der Waals surface area contributed by atoms with Gasteiger partial charge in [-0.05, 0) is 85.0 Å². The Balaban J connectivity index is 1.63. The number of carboxylic acid groups (broad SMARTS) is 1. The van der Waals surface area contributed by atoms with Gasteiger partial charge in [0.05, 0.1) is 17.3 Å². The molecule has 3 heterocycles. The summed E-state index contributed by atoms with van der Waals surface area (Å²) >= 11 is 9.30. The molecule has 0 aliphatic carbocycles. The number of carboxylic acids is 1. The summed E-state index contributed by atoms with van der Waals surface area (Å²) in [7, 11) is 0. The van der Waals surface area contributed by atoms with E-state index >= 15 is 0 Å². The van der Waals surface area contributed by atoms with Gasteiger partial charge in [-0.1, -0.05) is 22.0 Å². The summed E-state index contributed by atoms with van der Waals surface area (Å²) in [6.45, 7) is 0. The van der Waals surface area contributed by atoms with Gasteiger partial charge in [0.2, 0.25) is 0 Å². The number of aromatic nitrogens is 2. The molecular weight excluding hydrogens is 500 g/mol. The molecule has 164 valence electrons. The van der Waals surface area contributed by atoms with Gasteiger partial charge in [-0.2, -0.15) is 0 Å². The number of halogens is 1. The van der Waals surface area contributed by atoms with Gasteiger partial charge in [-0.3, -0.25) is 4.98 Å². The lowest BCUT2D eigenvalue weighted by atomic mass is 10.0. The molecule has 2 N–H and O–H groups in total. The number of rotatable bonds is 5. The molecule has 0 bridgehead atoms. The Bertz CT molecular complexity index is 1310. The van der Waals surface area contributed by atoms with Crippen LogP contribution in [0.2, 0.25) is 0 Å². The van der Waals surface area contributed by atoms with Crippen molar-refractivity contribution in [3.63, 3.8) is 0 Å². The Hall–Kier alpha value is -3.49. The van der Waals surface area contributed by atoms with Crippen LogP contribution in [0.5, 0.6) is 0 Å². The first-order valence-corrected chi connectivity index (χ1v) is 11.5. The number of nitrogens with zero attached hydrogens (tertiary/aromatic N) is 3. The van der Waals surface area contributed by atoms with E-state index in [0.29, 0.717) is 5.11 Å². The lowest BCUT2D eigenvalue weighted by Gasteiger charge is -2.29. The zero-order valence-corrected chi connectivity index (χ0v) is 19.7. The molecule has 1 saturated heterocycles. The zero-order chi connectivity index (χ0) is 22.9. The highest BCUT2D eigenvalue weighted by atomic mass is 79.9. The second-order valence-corrected chi connectivity index (χ2v) is 8.93. The van der Waals surface area contributed by atoms with E-state index in [1.807, 2.05) is 66.9 Å². The zero-order valence-electron chi connectivity index (χ0n) is 17.3. The van der Waals surface area contributed by atoms with Gasteiger partial charge < -0.3 is 19.9 Å². The Morgan fingerprint density at radius 2 is 1.70 bits per heavy atom. The van der Waals surface area contributed by atoms with Gasteiger partial charge in [0.15, 0.2) is 5.11 Å². The average Bonchev–Trinajstić information content (AvgIpc) is 3.44. The molecule has 2 aromatic heterocycles. The van der Waals surface area contributed by atoms with Gasteiger partial charge in [-0.25, -0.2) is 4.79 Å². The number of hydrogen-bond acceptors (Lipinski definition) is 3. The predicted octanol–water partition coefficient (Wildman–Crippen LogP) is 5.51. The molecule has 5 rings (SSSR count). The maximum Gasteiger partial charge on any atom is 0.335 e. The van der Waals surface area contributed by atoms with E-state index in [4.69, 9.17) is 12.2 Å². The summed E-state index contributed by atoms with van der Waals surface area (Å²) in [5, 5.41) is 13.3. The number of pyridine rings is 1. The first-order valence-electron chi connectivity index (χ1n) is 10.3. The molecule has 1 fully saturated rings. The summed E-state index contributed by atoms with van der Waals surface area (Å²) < 4.78 is 3.05. The quantitative estimate of drug-likeness (QED) is 0.339. The number of nitrogens with one attached hydrogen (secondary N) is 1. The van der Waals surface area contributed by atoms with Gasteiger partial charge in [0.1, 0.15) is 6.04 Å². The molecule has 0 amide bonds. The molecular formula is C25H19BrN4O2S. The number of hydrogen-bond donors (Lipinski definition) is 2. The van der Waals surface area contributed by atoms with Gasteiger partial charge >= 0.3 is 5.97 Å². The fraction of sp³-hybridized carbons (Fsp3) is 0.0800. The Morgan fingerprint density at radius 1 is 0.970 bits per heavy atom. The maximum atomic E-state index is 11.3. The lowest BCUT2D eigenvalue weighted by Crippen LogP contribution is -2.30. The van der Waals surface area contributed by atoms with Crippen molar-refractivity contribution in [2.24, 2.45) is 0 Å². The maximum absolute atomic E-state index is 11.3. The topological polar surface area (TPSA) is 70.4 Å². The highest BCUT2D eigenvalue weighted by Gasteiger charge is 2.42. The number of thiocarbonyl (C=S) groups is 1. The Kier molecular flexibility index (Phi) is 5.70. The highest BCUT2D eigenvalue weighted by Crippen LogP contribution is 2.42. The molecule has 6 nitrogen and oxygen atoms in total. The van der Waals surface area contributed by atoms with Crippen LogP contribution in [-0.4, -0.2) is 25.7 Å². The minimum Gasteiger partial charge on any atom is -0.478 e. The van der Waals surface area contributed by atoms with E-state index in [1.54, 1.807) is 18.3 Å². The normalized spacial score (nSPS) is 17.7. The van der Waals surface area contributed by atoms with Crippen molar-refractivity contribution in [3.8, 4) is 5.69 Å². The third kappa shape index (κ3) is 4.03. The van der Waals surface area contributed by atoms with Crippen molar-refractivity contribution in [2.75, 3.05) is 4.90 Å². The minimum absolute atomic E-state index is 0.172. The van der Waals surface area contributed by atoms with Crippen LogP contribution in [-0.2, 0) is 0 Å². The summed E-state index contributed by atoms with van der Waals surface area (Å²) in [5.41, 5.74) is 3.97. The summed E-state index contributed by atoms with van der Waals surface area (Å²) in [5.74, 6) is -0.948. The molecule has 4 aromatic rings. The van der Waals surface area contributed by atoms with Crippen LogP contribution in [0, 0.1) is 0 Å². The second-order valence-electron chi connectivity index (χ2n) is 7.63. The van der Waals surface area contributed by atoms with Crippen LogP contribution in [0.4, 0.5) is 5.69 Å². The molecule has 2 atom stereocenters. The van der Waals surface area contributed by atoms with E-state index in [-0.39, 0.29) is 17.6 Å².